The van der Waals surface area contributed by atoms with Crippen LogP contribution in [0.2, 0.25) is 0 Å². The number of benzene rings is 1. The molecule has 1 heterocycles. The Hall–Kier alpha value is -1.06. The highest BCUT2D eigenvalue weighted by atomic mass is 35.5. The number of hydrogen-bond donors (Lipinski definition) is 0. The minimum atomic E-state index is -0.455. The van der Waals surface area contributed by atoms with E-state index in [-0.39, 0.29) is 5.91 Å². The molecule has 3 nitrogen and oxygen atoms in total. The molecule has 0 unspecified atom stereocenters. The second-order valence-electron chi connectivity index (χ2n) is 6.07. The summed E-state index contributed by atoms with van der Waals surface area (Å²) in [6.45, 7) is 8.25. The molecule has 0 spiro atoms. The van der Waals surface area contributed by atoms with Crippen LogP contribution in [0.3, 0.4) is 0 Å². The van der Waals surface area contributed by atoms with Crippen LogP contribution in [0.1, 0.15) is 19.4 Å². The number of carbonyl (C=O) groups excluding carboxylic acids is 1. The summed E-state index contributed by atoms with van der Waals surface area (Å²) in [6.07, 6.45) is 0. The highest BCUT2D eigenvalue weighted by Gasteiger charge is 2.32. The molecule has 1 fully saturated rings. The molecular formula is C16H23ClN2O. The molecule has 0 aliphatic carbocycles. The maximum atomic E-state index is 12.3. The van der Waals surface area contributed by atoms with Crippen LogP contribution in [0.4, 0.5) is 0 Å². The Kier molecular flexibility index (Phi) is 5.06. The summed E-state index contributed by atoms with van der Waals surface area (Å²) in [4.78, 5) is 16.7. The highest BCUT2D eigenvalue weighted by Crippen LogP contribution is 2.21. The predicted molar refractivity (Wildman–Crippen MR) is 82.8 cm³/mol. The smallest absolute Gasteiger partial charge is 0.229 e. The van der Waals surface area contributed by atoms with Gasteiger partial charge in [-0.15, -0.1) is 11.6 Å². The van der Waals surface area contributed by atoms with E-state index in [4.69, 9.17) is 11.6 Å². The molecule has 0 N–H and O–H groups in total. The van der Waals surface area contributed by atoms with Gasteiger partial charge in [-0.25, -0.2) is 0 Å². The molecule has 20 heavy (non-hydrogen) atoms. The van der Waals surface area contributed by atoms with Crippen molar-refractivity contribution >= 4 is 17.5 Å². The predicted octanol–water partition coefficient (Wildman–Crippen LogP) is 2.60. The molecule has 0 saturated carbocycles. The lowest BCUT2D eigenvalue weighted by molar-refractivity contribution is -0.141. The zero-order valence-electron chi connectivity index (χ0n) is 12.3. The molecule has 1 saturated heterocycles. The lowest BCUT2D eigenvalue weighted by Crippen LogP contribution is -2.52. The van der Waals surface area contributed by atoms with E-state index in [9.17, 15) is 4.79 Å². The van der Waals surface area contributed by atoms with Crippen molar-refractivity contribution in [1.29, 1.82) is 0 Å². The first-order valence-electron chi connectivity index (χ1n) is 7.14. The minimum Gasteiger partial charge on any atom is -0.340 e. The summed E-state index contributed by atoms with van der Waals surface area (Å²) in [5.74, 6) is 0.544. The topological polar surface area (TPSA) is 23.6 Å². The molecule has 2 rings (SSSR count). The number of hydrogen-bond acceptors (Lipinski definition) is 2. The average molecular weight is 295 g/mol. The average Bonchev–Trinajstić information content (AvgIpc) is 2.48. The van der Waals surface area contributed by atoms with Gasteiger partial charge in [0.05, 0.1) is 5.41 Å². The van der Waals surface area contributed by atoms with Crippen LogP contribution in [0.5, 0.6) is 0 Å². The molecule has 1 aliphatic rings. The van der Waals surface area contributed by atoms with Gasteiger partial charge in [-0.3, -0.25) is 9.69 Å². The van der Waals surface area contributed by atoms with Crippen LogP contribution in [0.25, 0.3) is 0 Å². The maximum Gasteiger partial charge on any atom is 0.229 e. The van der Waals surface area contributed by atoms with Crippen molar-refractivity contribution in [3.8, 4) is 0 Å². The van der Waals surface area contributed by atoms with Crippen molar-refractivity contribution in [3.63, 3.8) is 0 Å². The molecule has 1 aliphatic heterocycles. The second kappa shape index (κ2) is 6.59. The first-order valence-corrected chi connectivity index (χ1v) is 7.68. The Balaban J connectivity index is 1.85. The number of amides is 1. The second-order valence-corrected chi connectivity index (χ2v) is 6.34. The molecule has 0 aromatic heterocycles. The number of rotatable bonds is 4. The van der Waals surface area contributed by atoms with Gasteiger partial charge in [0.15, 0.2) is 0 Å². The van der Waals surface area contributed by atoms with E-state index >= 15 is 0 Å². The van der Waals surface area contributed by atoms with Crippen molar-refractivity contribution in [1.82, 2.24) is 9.80 Å². The number of nitrogens with zero attached hydrogens (tertiary/aromatic N) is 2. The lowest BCUT2D eigenvalue weighted by Gasteiger charge is -2.38. The first-order chi connectivity index (χ1) is 9.53. The summed E-state index contributed by atoms with van der Waals surface area (Å²) in [6, 6.07) is 10.5. The molecule has 110 valence electrons. The van der Waals surface area contributed by atoms with Gasteiger partial charge in [0.25, 0.3) is 0 Å². The summed E-state index contributed by atoms with van der Waals surface area (Å²) < 4.78 is 0. The Bertz CT molecular complexity index is 439. The molecule has 0 bridgehead atoms. The fourth-order valence-electron chi connectivity index (χ4n) is 2.44. The van der Waals surface area contributed by atoms with Crippen LogP contribution in [-0.4, -0.2) is 47.8 Å². The van der Waals surface area contributed by atoms with E-state index in [1.165, 1.54) is 5.56 Å². The standard InChI is InChI=1S/C16H23ClN2O/c1-16(2,13-17)15(20)19-10-8-18(9-11-19)12-14-6-4-3-5-7-14/h3-7H,8-13H2,1-2H3. The molecule has 1 aromatic rings. The fourth-order valence-corrected chi connectivity index (χ4v) is 2.55. The third-order valence-corrected chi connectivity index (χ3v) is 4.49. The van der Waals surface area contributed by atoms with Crippen molar-refractivity contribution in [3.05, 3.63) is 35.9 Å². The van der Waals surface area contributed by atoms with E-state index < -0.39 is 5.41 Å². The maximum absolute atomic E-state index is 12.3. The van der Waals surface area contributed by atoms with Crippen LogP contribution in [0.15, 0.2) is 30.3 Å². The Labute approximate surface area is 126 Å². The van der Waals surface area contributed by atoms with Gasteiger partial charge >= 0.3 is 0 Å². The largest absolute Gasteiger partial charge is 0.340 e. The van der Waals surface area contributed by atoms with Crippen LogP contribution in [0, 0.1) is 5.41 Å². The number of piperazine rings is 1. The van der Waals surface area contributed by atoms with Crippen molar-refractivity contribution in [2.45, 2.75) is 20.4 Å². The Morgan fingerprint density at radius 3 is 2.30 bits per heavy atom. The lowest BCUT2D eigenvalue weighted by atomic mass is 9.94. The molecule has 1 aromatic carbocycles. The number of alkyl halides is 1. The fraction of sp³-hybridized carbons (Fsp3) is 0.562. The summed E-state index contributed by atoms with van der Waals surface area (Å²) in [5.41, 5.74) is 0.872. The number of halogens is 1. The molecule has 0 atom stereocenters. The van der Waals surface area contributed by atoms with E-state index in [0.717, 1.165) is 32.7 Å². The summed E-state index contributed by atoms with van der Waals surface area (Å²) in [5, 5.41) is 0. The highest BCUT2D eigenvalue weighted by molar-refractivity contribution is 6.19. The van der Waals surface area contributed by atoms with E-state index in [0.29, 0.717) is 5.88 Å². The summed E-state index contributed by atoms with van der Waals surface area (Å²) >= 11 is 5.89. The minimum absolute atomic E-state index is 0.173. The molecule has 0 radical (unpaired) electrons. The van der Waals surface area contributed by atoms with Crippen LogP contribution >= 0.6 is 11.6 Å². The van der Waals surface area contributed by atoms with Gasteiger partial charge in [-0.05, 0) is 19.4 Å². The number of carbonyl (C=O) groups is 1. The molecule has 4 heteroatoms. The van der Waals surface area contributed by atoms with Gasteiger partial charge in [0.1, 0.15) is 0 Å². The summed E-state index contributed by atoms with van der Waals surface area (Å²) in [7, 11) is 0. The Morgan fingerprint density at radius 1 is 1.15 bits per heavy atom. The SMILES string of the molecule is CC(C)(CCl)C(=O)N1CCN(Cc2ccccc2)CC1. The van der Waals surface area contributed by atoms with Crippen LogP contribution in [-0.2, 0) is 11.3 Å². The zero-order chi connectivity index (χ0) is 14.6. The molecule has 1 amide bonds. The van der Waals surface area contributed by atoms with E-state index in [1.807, 2.05) is 24.8 Å². The van der Waals surface area contributed by atoms with Crippen molar-refractivity contribution in [2.75, 3.05) is 32.1 Å². The van der Waals surface area contributed by atoms with Gasteiger partial charge < -0.3 is 4.90 Å². The van der Waals surface area contributed by atoms with E-state index in [1.54, 1.807) is 0 Å². The van der Waals surface area contributed by atoms with Crippen molar-refractivity contribution in [2.24, 2.45) is 5.41 Å². The normalized spacial score (nSPS) is 17.2. The van der Waals surface area contributed by atoms with Gasteiger partial charge in [-0.1, -0.05) is 30.3 Å². The zero-order valence-corrected chi connectivity index (χ0v) is 13.1. The Morgan fingerprint density at radius 2 is 1.75 bits per heavy atom. The monoisotopic (exact) mass is 294 g/mol. The quantitative estimate of drug-likeness (QED) is 0.797. The third kappa shape index (κ3) is 3.74. The third-order valence-electron chi connectivity index (χ3n) is 3.82. The van der Waals surface area contributed by atoms with E-state index in [2.05, 4.69) is 29.2 Å². The van der Waals surface area contributed by atoms with Gasteiger partial charge in [-0.2, -0.15) is 0 Å². The first kappa shape index (κ1) is 15.3. The van der Waals surface area contributed by atoms with Crippen LogP contribution < -0.4 is 0 Å². The van der Waals surface area contributed by atoms with Crippen molar-refractivity contribution < 1.29 is 4.79 Å². The van der Waals surface area contributed by atoms with Gasteiger partial charge in [0.2, 0.25) is 5.91 Å². The molecular weight excluding hydrogens is 272 g/mol. The van der Waals surface area contributed by atoms with Gasteiger partial charge in [0, 0.05) is 38.6 Å².